The van der Waals surface area contributed by atoms with E-state index >= 15 is 0 Å². The van der Waals surface area contributed by atoms with Gasteiger partial charge >= 0.3 is 0 Å². The van der Waals surface area contributed by atoms with Crippen molar-refractivity contribution >= 4 is 44.6 Å². The first-order valence-corrected chi connectivity index (χ1v) is 12.8. The fourth-order valence-electron chi connectivity index (χ4n) is 3.40. The van der Waals surface area contributed by atoms with Gasteiger partial charge in [0, 0.05) is 18.0 Å². The molecule has 1 aliphatic carbocycles. The highest BCUT2D eigenvalue weighted by atomic mass is 35.5. The van der Waals surface area contributed by atoms with Gasteiger partial charge in [-0.3, -0.25) is 9.10 Å². The van der Waals surface area contributed by atoms with E-state index in [-0.39, 0.29) is 27.4 Å². The molecule has 0 atom stereocenters. The number of methoxy groups -OCH3 is 1. The zero-order valence-corrected chi connectivity index (χ0v) is 20.1. The van der Waals surface area contributed by atoms with E-state index in [0.717, 1.165) is 17.7 Å². The van der Waals surface area contributed by atoms with Crippen LogP contribution in [0.4, 0.5) is 5.69 Å². The Morgan fingerprint density at radius 1 is 1.16 bits per heavy atom. The molecule has 1 saturated carbocycles. The Bertz CT molecular complexity index is 1210. The molecule has 1 aliphatic rings. The second-order valence-electron chi connectivity index (χ2n) is 7.56. The third-order valence-electron chi connectivity index (χ3n) is 5.42. The van der Waals surface area contributed by atoms with Crippen molar-refractivity contribution < 1.29 is 17.9 Å². The molecule has 0 radical (unpaired) electrons. The minimum atomic E-state index is -3.90. The number of carbonyl (C=O) groups excluding carboxylic acids is 1. The van der Waals surface area contributed by atoms with Gasteiger partial charge in [-0.05, 0) is 66.8 Å². The lowest BCUT2D eigenvalue weighted by molar-refractivity contribution is 0.0731. The van der Waals surface area contributed by atoms with Crippen LogP contribution in [0.5, 0.6) is 5.75 Å². The summed E-state index contributed by atoms with van der Waals surface area (Å²) in [6.07, 6.45) is 1.87. The lowest BCUT2D eigenvalue weighted by Crippen LogP contribution is -2.33. The van der Waals surface area contributed by atoms with Crippen molar-refractivity contribution in [3.63, 3.8) is 0 Å². The summed E-state index contributed by atoms with van der Waals surface area (Å²) >= 11 is 7.94. The molecule has 32 heavy (non-hydrogen) atoms. The molecular weight excluding hydrogens is 468 g/mol. The van der Waals surface area contributed by atoms with E-state index in [9.17, 15) is 13.2 Å². The molecular formula is C23H23ClN2O4S2. The molecule has 1 aromatic heterocycles. The Balaban J connectivity index is 1.64. The van der Waals surface area contributed by atoms with Gasteiger partial charge in [0.15, 0.2) is 0 Å². The average Bonchev–Trinajstić information content (AvgIpc) is 3.51. The number of hydrogen-bond donors (Lipinski definition) is 0. The maximum absolute atomic E-state index is 13.4. The molecule has 1 fully saturated rings. The predicted molar refractivity (Wildman–Crippen MR) is 127 cm³/mol. The van der Waals surface area contributed by atoms with Crippen LogP contribution in [0, 0.1) is 0 Å². The Kier molecular flexibility index (Phi) is 6.46. The SMILES string of the molecule is COc1ccc(N(C)S(=O)(=O)c2ccc(Cl)c(C(=O)N(Cc3cccs3)C3CC3)c2)cc1. The van der Waals surface area contributed by atoms with Crippen LogP contribution in [-0.4, -0.2) is 39.4 Å². The molecule has 4 rings (SSSR count). The number of ether oxygens (including phenoxy) is 1. The van der Waals surface area contributed by atoms with Gasteiger partial charge in [-0.25, -0.2) is 8.42 Å². The van der Waals surface area contributed by atoms with Crippen molar-refractivity contribution in [3.8, 4) is 5.75 Å². The molecule has 9 heteroatoms. The van der Waals surface area contributed by atoms with Gasteiger partial charge in [0.25, 0.3) is 15.9 Å². The van der Waals surface area contributed by atoms with Gasteiger partial charge in [0.2, 0.25) is 0 Å². The van der Waals surface area contributed by atoms with Crippen LogP contribution in [0.15, 0.2) is 64.9 Å². The zero-order valence-electron chi connectivity index (χ0n) is 17.7. The third-order valence-corrected chi connectivity index (χ3v) is 8.39. The van der Waals surface area contributed by atoms with E-state index in [0.29, 0.717) is 18.0 Å². The summed E-state index contributed by atoms with van der Waals surface area (Å²) in [5.74, 6) is 0.375. The molecule has 1 heterocycles. The smallest absolute Gasteiger partial charge is 0.264 e. The first kappa shape index (κ1) is 22.6. The van der Waals surface area contributed by atoms with E-state index in [1.54, 1.807) is 47.6 Å². The van der Waals surface area contributed by atoms with E-state index < -0.39 is 10.0 Å². The number of rotatable bonds is 8. The topological polar surface area (TPSA) is 66.9 Å². The van der Waals surface area contributed by atoms with Crippen molar-refractivity contribution in [2.45, 2.75) is 30.3 Å². The van der Waals surface area contributed by atoms with Gasteiger partial charge in [-0.1, -0.05) is 17.7 Å². The zero-order chi connectivity index (χ0) is 22.9. The molecule has 0 saturated heterocycles. The fourth-order valence-corrected chi connectivity index (χ4v) is 5.52. The van der Waals surface area contributed by atoms with Gasteiger partial charge in [0.1, 0.15) is 5.75 Å². The molecule has 1 amide bonds. The van der Waals surface area contributed by atoms with E-state index in [4.69, 9.17) is 16.3 Å². The molecule has 168 valence electrons. The summed E-state index contributed by atoms with van der Waals surface area (Å²) < 4.78 is 32.9. The molecule has 6 nitrogen and oxygen atoms in total. The third kappa shape index (κ3) is 4.62. The second kappa shape index (κ2) is 9.13. The number of halogens is 1. The number of sulfonamides is 1. The van der Waals surface area contributed by atoms with E-state index in [1.165, 1.54) is 29.6 Å². The number of hydrogen-bond acceptors (Lipinski definition) is 5. The minimum absolute atomic E-state index is 0.00967. The van der Waals surface area contributed by atoms with E-state index in [2.05, 4.69) is 0 Å². The molecule has 0 N–H and O–H groups in total. The van der Waals surface area contributed by atoms with Gasteiger partial charge in [-0.2, -0.15) is 0 Å². The van der Waals surface area contributed by atoms with Crippen molar-refractivity contribution in [2.75, 3.05) is 18.5 Å². The van der Waals surface area contributed by atoms with Crippen LogP contribution >= 0.6 is 22.9 Å². The van der Waals surface area contributed by atoms with Crippen LogP contribution in [-0.2, 0) is 16.6 Å². The van der Waals surface area contributed by atoms with Gasteiger partial charge in [-0.15, -0.1) is 11.3 Å². The molecule has 0 bridgehead atoms. The summed E-state index contributed by atoms with van der Waals surface area (Å²) in [5, 5.41) is 2.21. The lowest BCUT2D eigenvalue weighted by Gasteiger charge is -2.24. The minimum Gasteiger partial charge on any atom is -0.497 e. The van der Waals surface area contributed by atoms with Gasteiger partial charge < -0.3 is 9.64 Å². The number of benzene rings is 2. The monoisotopic (exact) mass is 490 g/mol. The number of carbonyl (C=O) groups is 1. The fraction of sp³-hybridized carbons (Fsp3) is 0.261. The number of anilines is 1. The van der Waals surface area contributed by atoms with Crippen LogP contribution in [0.25, 0.3) is 0 Å². The highest BCUT2D eigenvalue weighted by Crippen LogP contribution is 2.33. The Labute approximate surface area is 197 Å². The van der Waals surface area contributed by atoms with Crippen molar-refractivity contribution in [1.29, 1.82) is 0 Å². The lowest BCUT2D eigenvalue weighted by atomic mass is 10.2. The largest absolute Gasteiger partial charge is 0.497 e. The molecule has 0 aliphatic heterocycles. The van der Waals surface area contributed by atoms with Crippen molar-refractivity contribution in [1.82, 2.24) is 4.90 Å². The van der Waals surface area contributed by atoms with Gasteiger partial charge in [0.05, 0.1) is 34.8 Å². The predicted octanol–water partition coefficient (Wildman–Crippen LogP) is 5.04. The standard InChI is InChI=1S/C23H23ClN2O4S2/c1-25(16-7-9-18(30-2)10-8-16)32(28,29)20-11-12-22(24)21(14-20)23(27)26(17-5-6-17)15-19-4-3-13-31-19/h3-4,7-14,17H,5-6,15H2,1-2H3. The summed E-state index contributed by atoms with van der Waals surface area (Å²) in [7, 11) is -0.880. The van der Waals surface area contributed by atoms with Crippen LogP contribution in [0.1, 0.15) is 28.1 Å². The van der Waals surface area contributed by atoms with Crippen molar-refractivity contribution in [2.24, 2.45) is 0 Å². The highest BCUT2D eigenvalue weighted by Gasteiger charge is 2.34. The van der Waals surface area contributed by atoms with E-state index in [1.807, 2.05) is 17.5 Å². The Hall–Kier alpha value is -2.55. The first-order chi connectivity index (χ1) is 15.3. The molecule has 0 unspecified atom stereocenters. The average molecular weight is 491 g/mol. The van der Waals surface area contributed by atoms with Crippen LogP contribution < -0.4 is 9.04 Å². The highest BCUT2D eigenvalue weighted by molar-refractivity contribution is 7.92. The normalized spacial score (nSPS) is 13.6. The number of nitrogens with zero attached hydrogens (tertiary/aromatic N) is 2. The summed E-state index contributed by atoms with van der Waals surface area (Å²) in [5.41, 5.74) is 0.672. The second-order valence-corrected chi connectivity index (χ2v) is 11.0. The first-order valence-electron chi connectivity index (χ1n) is 10.1. The van der Waals surface area contributed by atoms with Crippen LogP contribution in [0.3, 0.4) is 0 Å². The summed E-state index contributed by atoms with van der Waals surface area (Å²) in [6.45, 7) is 0.486. The number of thiophene rings is 1. The molecule has 0 spiro atoms. The molecule has 2 aromatic carbocycles. The van der Waals surface area contributed by atoms with Crippen LogP contribution in [0.2, 0.25) is 5.02 Å². The Morgan fingerprint density at radius 2 is 1.88 bits per heavy atom. The number of amides is 1. The summed E-state index contributed by atoms with van der Waals surface area (Å²) in [4.78, 5) is 16.3. The quantitative estimate of drug-likeness (QED) is 0.443. The summed E-state index contributed by atoms with van der Waals surface area (Å²) in [6, 6.07) is 15.1. The Morgan fingerprint density at radius 3 is 2.47 bits per heavy atom. The van der Waals surface area contributed by atoms with Crippen molar-refractivity contribution in [3.05, 3.63) is 75.4 Å². The molecule has 3 aromatic rings. The maximum atomic E-state index is 13.4. The maximum Gasteiger partial charge on any atom is 0.264 e.